The number of nitrogens with zero attached hydrogens (tertiary/aromatic N) is 1. The van der Waals surface area contributed by atoms with Gasteiger partial charge in [-0.2, -0.15) is 0 Å². The van der Waals surface area contributed by atoms with Crippen LogP contribution in [0.15, 0.2) is 48.5 Å². The first-order valence-corrected chi connectivity index (χ1v) is 6.78. The number of hydrogen-bond acceptors (Lipinski definition) is 3. The van der Waals surface area contributed by atoms with Crippen LogP contribution in [0.1, 0.15) is 0 Å². The second-order valence-electron chi connectivity index (χ2n) is 4.18. The molecule has 0 unspecified atom stereocenters. The molecule has 1 amide bonds. The molecule has 0 aromatic heterocycles. The minimum absolute atomic E-state index is 0.00326. The molecule has 5 nitrogen and oxygen atoms in total. The Balaban J connectivity index is 2.31. The van der Waals surface area contributed by atoms with Crippen LogP contribution in [0.3, 0.4) is 0 Å². The first-order valence-electron chi connectivity index (χ1n) is 5.91. The van der Waals surface area contributed by atoms with Gasteiger partial charge in [-0.3, -0.25) is 14.9 Å². The Kier molecular flexibility index (Phi) is 4.77. The summed E-state index contributed by atoms with van der Waals surface area (Å²) in [5.41, 5.74) is 1.92. The summed E-state index contributed by atoms with van der Waals surface area (Å²) in [7, 11) is 0. The fraction of sp³-hybridized carbons (Fsp3) is 0.0714. The highest BCUT2D eigenvalue weighted by atomic mass is 35.5. The van der Waals surface area contributed by atoms with Crippen molar-refractivity contribution in [1.82, 2.24) is 0 Å². The van der Waals surface area contributed by atoms with Gasteiger partial charge in [0, 0.05) is 17.8 Å². The van der Waals surface area contributed by atoms with Gasteiger partial charge >= 0.3 is 0 Å². The van der Waals surface area contributed by atoms with Crippen molar-refractivity contribution < 1.29 is 9.72 Å². The van der Waals surface area contributed by atoms with Gasteiger partial charge < -0.3 is 5.32 Å². The molecule has 0 heterocycles. The second kappa shape index (κ2) is 6.56. The van der Waals surface area contributed by atoms with E-state index in [1.165, 1.54) is 12.1 Å². The van der Waals surface area contributed by atoms with E-state index in [0.29, 0.717) is 11.3 Å². The molecule has 2 rings (SSSR count). The lowest BCUT2D eigenvalue weighted by Crippen LogP contribution is -2.18. The van der Waals surface area contributed by atoms with Crippen molar-refractivity contribution in [3.05, 3.63) is 58.6 Å². The molecule has 7 heteroatoms. The SMILES string of the molecule is O=C(Nc1cccc(-c2cccc([N+](=O)[O-])c2)c1)C(Cl)Cl. The molecular weight excluding hydrogens is 315 g/mol. The molecule has 2 aromatic carbocycles. The molecule has 0 radical (unpaired) electrons. The van der Waals surface area contributed by atoms with E-state index >= 15 is 0 Å². The summed E-state index contributed by atoms with van der Waals surface area (Å²) in [6, 6.07) is 13.1. The number of rotatable bonds is 4. The zero-order valence-electron chi connectivity index (χ0n) is 10.6. The van der Waals surface area contributed by atoms with Gasteiger partial charge in [-0.1, -0.05) is 47.5 Å². The van der Waals surface area contributed by atoms with Gasteiger partial charge in [-0.15, -0.1) is 0 Å². The lowest BCUT2D eigenvalue weighted by molar-refractivity contribution is -0.384. The molecule has 2 aromatic rings. The Bertz CT molecular complexity index is 689. The van der Waals surface area contributed by atoms with Gasteiger partial charge in [0.05, 0.1) is 4.92 Å². The van der Waals surface area contributed by atoms with E-state index in [4.69, 9.17) is 23.2 Å². The van der Waals surface area contributed by atoms with Crippen molar-refractivity contribution in [3.63, 3.8) is 0 Å². The number of halogens is 2. The lowest BCUT2D eigenvalue weighted by Gasteiger charge is -2.08. The molecular formula is C14H10Cl2N2O3. The average Bonchev–Trinajstić information content (AvgIpc) is 2.47. The van der Waals surface area contributed by atoms with Crippen molar-refractivity contribution in [2.45, 2.75) is 4.84 Å². The predicted molar refractivity (Wildman–Crippen MR) is 82.7 cm³/mol. The van der Waals surface area contributed by atoms with Crippen LogP contribution in [0, 0.1) is 10.1 Å². The maximum atomic E-state index is 11.4. The van der Waals surface area contributed by atoms with Crippen molar-refractivity contribution in [2.75, 3.05) is 5.32 Å². The normalized spacial score (nSPS) is 10.4. The summed E-state index contributed by atoms with van der Waals surface area (Å²) in [6.45, 7) is 0. The number of non-ortho nitro benzene ring substituents is 1. The Labute approximate surface area is 130 Å². The number of anilines is 1. The zero-order valence-corrected chi connectivity index (χ0v) is 12.1. The standard InChI is InChI=1S/C14H10Cl2N2O3/c15-13(16)14(19)17-11-5-1-3-9(7-11)10-4-2-6-12(8-10)18(20)21/h1-8,13H,(H,17,19). The van der Waals surface area contributed by atoms with E-state index < -0.39 is 15.7 Å². The molecule has 21 heavy (non-hydrogen) atoms. The van der Waals surface area contributed by atoms with E-state index in [0.717, 1.165) is 5.56 Å². The average molecular weight is 325 g/mol. The third-order valence-corrected chi connectivity index (χ3v) is 3.12. The van der Waals surface area contributed by atoms with Crippen LogP contribution in [0.4, 0.5) is 11.4 Å². The lowest BCUT2D eigenvalue weighted by atomic mass is 10.0. The van der Waals surface area contributed by atoms with E-state index in [1.807, 2.05) is 0 Å². The second-order valence-corrected chi connectivity index (χ2v) is 5.27. The van der Waals surface area contributed by atoms with Gasteiger partial charge in [0.2, 0.25) is 0 Å². The molecule has 0 atom stereocenters. The van der Waals surface area contributed by atoms with E-state index in [9.17, 15) is 14.9 Å². The van der Waals surface area contributed by atoms with Crippen LogP contribution >= 0.6 is 23.2 Å². The van der Waals surface area contributed by atoms with Crippen LogP contribution in [0.25, 0.3) is 11.1 Å². The quantitative estimate of drug-likeness (QED) is 0.524. The maximum Gasteiger partial charge on any atom is 0.270 e. The van der Waals surface area contributed by atoms with Gasteiger partial charge in [-0.25, -0.2) is 0 Å². The molecule has 0 saturated carbocycles. The minimum atomic E-state index is -1.16. The van der Waals surface area contributed by atoms with Gasteiger partial charge in [0.25, 0.3) is 11.6 Å². The molecule has 0 spiro atoms. The number of carbonyl (C=O) groups is 1. The monoisotopic (exact) mass is 324 g/mol. The van der Waals surface area contributed by atoms with Crippen molar-refractivity contribution in [1.29, 1.82) is 0 Å². The summed E-state index contributed by atoms with van der Waals surface area (Å²) in [4.78, 5) is 20.6. The van der Waals surface area contributed by atoms with Gasteiger partial charge in [0.15, 0.2) is 4.84 Å². The van der Waals surface area contributed by atoms with Gasteiger partial charge in [-0.05, 0) is 23.3 Å². The Morgan fingerprint density at radius 3 is 2.33 bits per heavy atom. The fourth-order valence-corrected chi connectivity index (χ4v) is 1.88. The smallest absolute Gasteiger partial charge is 0.270 e. The largest absolute Gasteiger partial charge is 0.324 e. The Morgan fingerprint density at radius 1 is 1.10 bits per heavy atom. The highest BCUT2D eigenvalue weighted by Crippen LogP contribution is 2.26. The molecule has 0 aliphatic carbocycles. The fourth-order valence-electron chi connectivity index (χ4n) is 1.77. The minimum Gasteiger partial charge on any atom is -0.324 e. The molecule has 0 aliphatic heterocycles. The first kappa shape index (κ1) is 15.3. The molecule has 108 valence electrons. The number of carbonyl (C=O) groups excluding carboxylic acids is 1. The van der Waals surface area contributed by atoms with Crippen LogP contribution in [-0.4, -0.2) is 15.7 Å². The van der Waals surface area contributed by atoms with Crippen LogP contribution in [0.2, 0.25) is 0 Å². The van der Waals surface area contributed by atoms with Crippen molar-refractivity contribution in [3.8, 4) is 11.1 Å². The van der Waals surface area contributed by atoms with Crippen LogP contribution < -0.4 is 5.32 Å². The highest BCUT2D eigenvalue weighted by Gasteiger charge is 2.12. The van der Waals surface area contributed by atoms with E-state index in [1.54, 1.807) is 36.4 Å². The molecule has 0 saturated heterocycles. The first-order chi connectivity index (χ1) is 9.97. The van der Waals surface area contributed by atoms with E-state index in [2.05, 4.69) is 5.32 Å². The summed E-state index contributed by atoms with van der Waals surface area (Å²) >= 11 is 10.9. The number of nitro groups is 1. The zero-order chi connectivity index (χ0) is 15.4. The topological polar surface area (TPSA) is 72.2 Å². The number of nitrogens with one attached hydrogen (secondary N) is 1. The molecule has 0 aliphatic rings. The summed E-state index contributed by atoms with van der Waals surface area (Å²) in [6.07, 6.45) is 0. The number of nitro benzene ring substituents is 1. The number of alkyl halides is 2. The Morgan fingerprint density at radius 2 is 1.71 bits per heavy atom. The van der Waals surface area contributed by atoms with E-state index in [-0.39, 0.29) is 5.69 Å². The third kappa shape index (κ3) is 3.93. The van der Waals surface area contributed by atoms with Crippen LogP contribution in [0.5, 0.6) is 0 Å². The third-order valence-electron chi connectivity index (χ3n) is 2.72. The molecule has 0 fully saturated rings. The van der Waals surface area contributed by atoms with Crippen molar-refractivity contribution in [2.24, 2.45) is 0 Å². The number of amides is 1. The molecule has 1 N–H and O–H groups in total. The summed E-state index contributed by atoms with van der Waals surface area (Å²) in [5.74, 6) is -0.533. The summed E-state index contributed by atoms with van der Waals surface area (Å²) < 4.78 is 0. The van der Waals surface area contributed by atoms with Crippen LogP contribution in [-0.2, 0) is 4.79 Å². The summed E-state index contributed by atoms with van der Waals surface area (Å²) in [5, 5.41) is 13.3. The Hall–Kier alpha value is -2.11. The highest BCUT2D eigenvalue weighted by molar-refractivity contribution is 6.54. The number of hydrogen-bond donors (Lipinski definition) is 1. The van der Waals surface area contributed by atoms with Gasteiger partial charge in [0.1, 0.15) is 0 Å². The number of benzene rings is 2. The predicted octanol–water partition coefficient (Wildman–Crippen LogP) is 4.00. The molecule has 0 bridgehead atoms. The maximum absolute atomic E-state index is 11.4. The van der Waals surface area contributed by atoms with Crippen molar-refractivity contribution >= 4 is 40.5 Å².